The molecule has 10 heteroatoms. The Morgan fingerprint density at radius 3 is 2.57 bits per heavy atom. The number of nitrogens with one attached hydrogen (secondary N) is 1. The van der Waals surface area contributed by atoms with Crippen molar-refractivity contribution in [2.75, 3.05) is 24.7 Å². The van der Waals surface area contributed by atoms with Crippen molar-refractivity contribution in [3.8, 4) is 0 Å². The first kappa shape index (κ1) is 16.1. The molecule has 2 rings (SSSR count). The molecule has 0 spiro atoms. The molecule has 0 amide bonds. The van der Waals surface area contributed by atoms with E-state index in [9.17, 15) is 21.6 Å². The van der Waals surface area contributed by atoms with Gasteiger partial charge in [0, 0.05) is 24.8 Å². The standard InChI is InChI=1S/C11H16N2O6S2/c14-5-4-13(9-3-6-20(16,17)8-9)21(18,19)10-1-2-11(15)12-7-10/h1-2,7,9,14H,3-6,8H2,(H,12,15). The van der Waals surface area contributed by atoms with Gasteiger partial charge < -0.3 is 10.1 Å². The molecule has 0 bridgehead atoms. The van der Waals surface area contributed by atoms with Gasteiger partial charge in [0.2, 0.25) is 15.6 Å². The van der Waals surface area contributed by atoms with Gasteiger partial charge in [0.05, 0.1) is 23.0 Å². The first-order valence-electron chi connectivity index (χ1n) is 6.28. The average Bonchev–Trinajstić information content (AvgIpc) is 2.76. The molecule has 0 radical (unpaired) electrons. The number of nitrogens with zero attached hydrogens (tertiary/aromatic N) is 1. The van der Waals surface area contributed by atoms with Gasteiger partial charge in [0.15, 0.2) is 9.84 Å². The van der Waals surface area contributed by atoms with Crippen molar-refractivity contribution in [2.45, 2.75) is 17.4 Å². The first-order valence-corrected chi connectivity index (χ1v) is 9.54. The smallest absolute Gasteiger partial charge is 0.247 e. The number of H-pyrrole nitrogens is 1. The lowest BCUT2D eigenvalue weighted by atomic mass is 10.3. The molecule has 1 saturated heterocycles. The molecular formula is C11H16N2O6S2. The van der Waals surface area contributed by atoms with Crippen LogP contribution in [0.25, 0.3) is 0 Å². The SMILES string of the molecule is O=c1ccc(S(=O)(=O)N(CCO)C2CCS(=O)(=O)C2)c[nH]1. The number of aliphatic hydroxyl groups is 1. The van der Waals surface area contributed by atoms with E-state index in [0.29, 0.717) is 0 Å². The molecule has 1 aromatic rings. The van der Waals surface area contributed by atoms with Gasteiger partial charge in [-0.1, -0.05) is 0 Å². The van der Waals surface area contributed by atoms with Gasteiger partial charge in [-0.2, -0.15) is 4.31 Å². The van der Waals surface area contributed by atoms with Crippen LogP contribution in [0.5, 0.6) is 0 Å². The van der Waals surface area contributed by atoms with Crippen LogP contribution in [0, 0.1) is 0 Å². The second kappa shape index (κ2) is 5.87. The van der Waals surface area contributed by atoms with Crippen molar-refractivity contribution >= 4 is 19.9 Å². The third-order valence-corrected chi connectivity index (χ3v) is 7.00. The molecule has 0 aromatic carbocycles. The molecule has 0 aliphatic carbocycles. The number of aliphatic hydroxyl groups excluding tert-OH is 1. The highest BCUT2D eigenvalue weighted by Gasteiger charge is 2.38. The molecule has 1 aromatic heterocycles. The zero-order valence-corrected chi connectivity index (χ0v) is 12.7. The van der Waals surface area contributed by atoms with Gasteiger partial charge in [-0.15, -0.1) is 0 Å². The van der Waals surface area contributed by atoms with Crippen molar-refractivity contribution in [1.82, 2.24) is 9.29 Å². The number of sulfonamides is 1. The fourth-order valence-corrected chi connectivity index (χ4v) is 5.73. The lowest BCUT2D eigenvalue weighted by molar-refractivity contribution is 0.232. The number of hydrogen-bond acceptors (Lipinski definition) is 6. The molecule has 1 unspecified atom stereocenters. The fourth-order valence-electron chi connectivity index (χ4n) is 2.29. The quantitative estimate of drug-likeness (QED) is 0.677. The number of aromatic nitrogens is 1. The highest BCUT2D eigenvalue weighted by Crippen LogP contribution is 2.24. The van der Waals surface area contributed by atoms with Crippen molar-refractivity contribution in [3.63, 3.8) is 0 Å². The van der Waals surface area contributed by atoms with Crippen molar-refractivity contribution in [1.29, 1.82) is 0 Å². The van der Waals surface area contributed by atoms with E-state index in [-0.39, 0.29) is 29.4 Å². The van der Waals surface area contributed by atoms with E-state index in [1.54, 1.807) is 0 Å². The molecule has 2 heterocycles. The molecule has 1 aliphatic heterocycles. The molecule has 2 N–H and O–H groups in total. The van der Waals surface area contributed by atoms with Crippen LogP contribution in [-0.2, 0) is 19.9 Å². The summed E-state index contributed by atoms with van der Waals surface area (Å²) in [5.41, 5.74) is -0.439. The maximum Gasteiger partial charge on any atom is 0.247 e. The predicted molar refractivity (Wildman–Crippen MR) is 75.1 cm³/mol. The Labute approximate surface area is 122 Å². The average molecular weight is 336 g/mol. The first-order chi connectivity index (χ1) is 9.76. The summed E-state index contributed by atoms with van der Waals surface area (Å²) in [6.45, 7) is -0.610. The van der Waals surface area contributed by atoms with Gasteiger partial charge >= 0.3 is 0 Å². The van der Waals surface area contributed by atoms with Crippen LogP contribution >= 0.6 is 0 Å². The van der Waals surface area contributed by atoms with E-state index in [2.05, 4.69) is 4.98 Å². The number of pyridine rings is 1. The molecule has 0 saturated carbocycles. The Morgan fingerprint density at radius 1 is 1.38 bits per heavy atom. The van der Waals surface area contributed by atoms with Gasteiger partial charge in [0.25, 0.3) is 0 Å². The number of hydrogen-bond donors (Lipinski definition) is 2. The lowest BCUT2D eigenvalue weighted by Crippen LogP contribution is -2.42. The van der Waals surface area contributed by atoms with Crippen LogP contribution in [0.3, 0.4) is 0 Å². The Morgan fingerprint density at radius 2 is 2.10 bits per heavy atom. The molecule has 8 nitrogen and oxygen atoms in total. The Balaban J connectivity index is 2.37. The largest absolute Gasteiger partial charge is 0.395 e. The summed E-state index contributed by atoms with van der Waals surface area (Å²) < 4.78 is 49.1. The number of rotatable bonds is 5. The van der Waals surface area contributed by atoms with Gasteiger partial charge in [-0.05, 0) is 12.5 Å². The van der Waals surface area contributed by atoms with E-state index >= 15 is 0 Å². The number of sulfone groups is 1. The van der Waals surface area contributed by atoms with E-state index in [4.69, 9.17) is 5.11 Å². The number of aromatic amines is 1. The van der Waals surface area contributed by atoms with E-state index in [1.165, 1.54) is 0 Å². The second-order valence-electron chi connectivity index (χ2n) is 4.78. The minimum Gasteiger partial charge on any atom is -0.395 e. The minimum atomic E-state index is -3.97. The molecule has 1 aliphatic rings. The van der Waals surface area contributed by atoms with Crippen LogP contribution in [0.4, 0.5) is 0 Å². The van der Waals surface area contributed by atoms with E-state index < -0.39 is 38.1 Å². The van der Waals surface area contributed by atoms with Crippen LogP contribution in [-0.4, -0.2) is 61.9 Å². The minimum absolute atomic E-state index is 0.0687. The summed E-state index contributed by atoms with van der Waals surface area (Å²) in [6.07, 6.45) is 1.26. The highest BCUT2D eigenvalue weighted by atomic mass is 32.2. The van der Waals surface area contributed by atoms with E-state index in [0.717, 1.165) is 22.6 Å². The van der Waals surface area contributed by atoms with Gasteiger partial charge in [-0.25, -0.2) is 16.8 Å². The Hall–Kier alpha value is -1.23. The van der Waals surface area contributed by atoms with Gasteiger partial charge in [-0.3, -0.25) is 4.79 Å². The Bertz CT molecular complexity index is 748. The summed E-state index contributed by atoms with van der Waals surface area (Å²) in [5.74, 6) is -0.323. The molecule has 1 atom stereocenters. The molecular weight excluding hydrogens is 320 g/mol. The lowest BCUT2D eigenvalue weighted by Gasteiger charge is -2.26. The third-order valence-electron chi connectivity index (χ3n) is 3.30. The maximum absolute atomic E-state index is 12.5. The maximum atomic E-state index is 12.5. The topological polar surface area (TPSA) is 125 Å². The zero-order chi connectivity index (χ0) is 15.7. The van der Waals surface area contributed by atoms with Crippen molar-refractivity contribution in [3.05, 3.63) is 28.7 Å². The summed E-state index contributed by atoms with van der Waals surface area (Å²) >= 11 is 0. The zero-order valence-electron chi connectivity index (χ0n) is 11.1. The molecule has 1 fully saturated rings. The third kappa shape index (κ3) is 3.51. The fraction of sp³-hybridized carbons (Fsp3) is 0.545. The van der Waals surface area contributed by atoms with Crippen molar-refractivity contribution in [2.24, 2.45) is 0 Å². The highest BCUT2D eigenvalue weighted by molar-refractivity contribution is 7.92. The summed E-state index contributed by atoms with van der Waals surface area (Å²) in [7, 11) is -7.23. The van der Waals surface area contributed by atoms with Crippen LogP contribution < -0.4 is 5.56 Å². The summed E-state index contributed by atoms with van der Waals surface area (Å²) in [4.78, 5) is 13.1. The summed E-state index contributed by atoms with van der Waals surface area (Å²) in [6, 6.07) is 1.54. The summed E-state index contributed by atoms with van der Waals surface area (Å²) in [5, 5.41) is 9.07. The van der Waals surface area contributed by atoms with E-state index in [1.807, 2.05) is 0 Å². The van der Waals surface area contributed by atoms with Crippen molar-refractivity contribution < 1.29 is 21.9 Å². The normalized spacial score (nSPS) is 21.7. The van der Waals surface area contributed by atoms with Gasteiger partial charge in [0.1, 0.15) is 0 Å². The van der Waals surface area contributed by atoms with Crippen LogP contribution in [0.2, 0.25) is 0 Å². The second-order valence-corrected chi connectivity index (χ2v) is 8.90. The molecule has 118 valence electrons. The molecule has 21 heavy (non-hydrogen) atoms. The predicted octanol–water partition coefficient (Wildman–Crippen LogP) is -1.45. The van der Waals surface area contributed by atoms with Crippen LogP contribution in [0.1, 0.15) is 6.42 Å². The van der Waals surface area contributed by atoms with Crippen LogP contribution in [0.15, 0.2) is 28.0 Å². The Kier molecular flexibility index (Phi) is 4.51. The monoisotopic (exact) mass is 336 g/mol.